The first-order chi connectivity index (χ1) is 68.9. The fourth-order valence-corrected chi connectivity index (χ4v) is 15.6. The van der Waals surface area contributed by atoms with Crippen molar-refractivity contribution < 1.29 is 69.3 Å². The van der Waals surface area contributed by atoms with Crippen LogP contribution >= 0.6 is 11.6 Å². The Morgan fingerprint density at radius 3 is 1.19 bits per heavy atom. The average Bonchev–Trinajstić information content (AvgIpc) is 0.901. The number of carboxylic acids is 1. The third-order valence-electron chi connectivity index (χ3n) is 23.7. The van der Waals surface area contributed by atoms with E-state index >= 15 is 0 Å². The zero-order chi connectivity index (χ0) is 104. The molecule has 0 unspecified atom stereocenters. The van der Waals surface area contributed by atoms with E-state index in [1.165, 1.54) is 69.0 Å². The van der Waals surface area contributed by atoms with Crippen LogP contribution in [0.3, 0.4) is 0 Å². The molecule has 0 fully saturated rings. The maximum Gasteiger partial charge on any atom is 0.416 e. The van der Waals surface area contributed by atoms with Crippen LogP contribution in [0, 0.1) is 38.4 Å². The number of aromatic nitrogens is 16. The molecule has 6 aromatic heterocycles. The van der Waals surface area contributed by atoms with Crippen LogP contribution in [0.25, 0.3) is 28.4 Å². The van der Waals surface area contributed by atoms with E-state index in [0.717, 1.165) is 141 Å². The lowest BCUT2D eigenvalue weighted by Gasteiger charge is -2.12. The summed E-state index contributed by atoms with van der Waals surface area (Å²) in [6, 6.07) is 58.9. The van der Waals surface area contributed by atoms with Gasteiger partial charge in [-0.2, -0.15) is 26.3 Å². The van der Waals surface area contributed by atoms with E-state index in [4.69, 9.17) is 21.4 Å². The molecule has 0 saturated heterocycles. The van der Waals surface area contributed by atoms with Crippen LogP contribution < -0.4 is 0 Å². The van der Waals surface area contributed by atoms with Gasteiger partial charge in [-0.15, -0.1) is 25.5 Å². The minimum absolute atomic E-state index is 0.00763. The Hall–Kier alpha value is -14.6. The average molecular weight is 1990 g/mol. The Morgan fingerprint density at radius 1 is 0.396 bits per heavy atom. The summed E-state index contributed by atoms with van der Waals surface area (Å²) in [6.07, 6.45) is 12.4. The fraction of sp³-hybridized carbons (Fsp3) is 0.330. The van der Waals surface area contributed by atoms with Crippen LogP contribution in [0.5, 0.6) is 0 Å². The predicted octanol–water partition coefficient (Wildman–Crippen LogP) is 22.5. The number of carbonyl (C=O) groups is 6. The minimum Gasteiger partial charge on any atom is -0.481 e. The highest BCUT2D eigenvalue weighted by Crippen LogP contribution is 2.35. The van der Waals surface area contributed by atoms with Gasteiger partial charge < -0.3 is 9.84 Å². The first-order valence-corrected chi connectivity index (χ1v) is 48.4. The molecule has 752 valence electrons. The number of carboxylic acid groups (broad SMARTS) is 1. The van der Waals surface area contributed by atoms with Crippen LogP contribution in [0.2, 0.25) is 5.02 Å². The standard InChI is InChI=1S/C24H29N3O2.C23H26ClN3O.C22H21F4N3O.C22H26N4O.C21H18F3N3O3/c1-5-29-16-22-15-27(26-25-22)23-10-7-19(8-11-23)12-24(28)14-21-13-20(17(2)3)9-6-18(21)4;1-16(2)7-10-20-15-27(26-25-20)21-11-8-18(9-12-21)13-22(28)14-19-5-4-6-23(24)17(19)3;1-2-3-7-17-14-29(28-27-17)21-10-9-15(12-20(21)23)11-18(30)13-16-6-4-5-8-19(16)22(24,25)26;1-16(2)4-7-20-15-26(25-24-20)21-8-5-18(6-9-21)12-22(27)13-19-14-23-11-10-17(19)3;22-21(23,24)19-4-2-1-3-15(19)12-18(28)11-14-5-8-17(9-6-14)27-13-16(25-26-27)7-10-20(29)30/h6-11,13,15,17H,5,12,14,16H2,1-4H3;4-6,8-9,11-12,15-16H,7,10,13-14H2,1-3H3;4-6,8-10,12,14H,2-3,7,11,13H2,1H3;5-6,8-11,14-16H,4,7,12-13H2,1-3H3;1-6,8-9,13H,7,10-12H2,(H,29,30). The topological polar surface area (TPSA) is 298 Å². The highest BCUT2D eigenvalue weighted by Gasteiger charge is 2.35. The molecule has 6 heterocycles. The van der Waals surface area contributed by atoms with Gasteiger partial charge in [0.15, 0.2) is 0 Å². The first-order valence-electron chi connectivity index (χ1n) is 48.0. The number of Topliss-reactive ketones (excluding diaryl/α,β-unsaturated/α-hetero) is 5. The third kappa shape index (κ3) is 34.6. The number of aryl methyl sites for hydroxylation is 6. The molecule has 0 radical (unpaired) electrons. The van der Waals surface area contributed by atoms with Crippen LogP contribution in [0.15, 0.2) is 250 Å². The number of hydrogen-bond acceptors (Lipinski definition) is 18. The quantitative estimate of drug-likeness (QED) is 0.0348. The van der Waals surface area contributed by atoms with Crippen molar-refractivity contribution >= 4 is 46.5 Å². The number of pyridine rings is 1. The molecule has 0 saturated carbocycles. The molecule has 0 spiro atoms. The summed E-state index contributed by atoms with van der Waals surface area (Å²) >= 11 is 6.15. The van der Waals surface area contributed by atoms with Gasteiger partial charge in [-0.05, 0) is 247 Å². The monoisotopic (exact) mass is 1980 g/mol. The molecule has 144 heavy (non-hydrogen) atoms. The maximum absolute atomic E-state index is 14.5. The zero-order valence-electron chi connectivity index (χ0n) is 82.7. The molecule has 0 aliphatic heterocycles. The van der Waals surface area contributed by atoms with E-state index < -0.39 is 41.0 Å². The maximum atomic E-state index is 14.5. The number of aliphatic carboxylic acids is 1. The van der Waals surface area contributed by atoms with Gasteiger partial charge in [0.2, 0.25) is 0 Å². The number of ether oxygens (including phenoxy) is 1. The first kappa shape index (κ1) is 110. The van der Waals surface area contributed by atoms with E-state index in [2.05, 4.69) is 130 Å². The van der Waals surface area contributed by atoms with Gasteiger partial charge in [-0.3, -0.25) is 33.8 Å². The SMILES string of the molecule is CCCCc1cn(-c2ccc(CC(=O)Cc3ccccc3C(F)(F)F)cc2F)nn1.CCOCc1cn(-c2ccc(CC(=O)Cc3cc(C(C)C)ccc3C)cc2)nn1.Cc1c(Cl)cccc1CC(=O)Cc1ccc(-n2cc(CCC(C)C)nn2)cc1.Cc1ccncc1CC(=O)Cc1ccc(-n2cc(CCC(C)C)nn2)cc1.O=C(O)CCc1cn(-c2ccc(CC(=O)Cc3ccccc3C(F)(F)F)cc2)nn1. The Morgan fingerprint density at radius 2 is 0.771 bits per heavy atom. The van der Waals surface area contributed by atoms with Crippen molar-refractivity contribution in [2.45, 2.75) is 223 Å². The van der Waals surface area contributed by atoms with Crippen molar-refractivity contribution in [1.29, 1.82) is 0 Å². The highest BCUT2D eigenvalue weighted by molar-refractivity contribution is 6.31. The van der Waals surface area contributed by atoms with Crippen molar-refractivity contribution in [1.82, 2.24) is 80.0 Å². The van der Waals surface area contributed by atoms with Crippen molar-refractivity contribution in [3.05, 3.63) is 378 Å². The largest absolute Gasteiger partial charge is 0.481 e. The molecular weight excluding hydrogens is 1870 g/mol. The number of unbranched alkanes of at least 4 members (excludes halogenated alkanes) is 1. The summed E-state index contributed by atoms with van der Waals surface area (Å²) in [5.74, 6) is 0.104. The number of carbonyl (C=O) groups excluding carboxylic acids is 5. The van der Waals surface area contributed by atoms with E-state index in [1.807, 2.05) is 136 Å². The van der Waals surface area contributed by atoms with E-state index in [1.54, 1.807) is 69.2 Å². The molecule has 0 aliphatic carbocycles. The minimum atomic E-state index is -4.53. The molecule has 32 heteroatoms. The summed E-state index contributed by atoms with van der Waals surface area (Å²) in [5, 5.41) is 50.4. The van der Waals surface area contributed by atoms with Gasteiger partial charge >= 0.3 is 18.3 Å². The van der Waals surface area contributed by atoms with Crippen LogP contribution in [0.1, 0.15) is 211 Å². The molecule has 0 bridgehead atoms. The van der Waals surface area contributed by atoms with Gasteiger partial charge in [-0.1, -0.05) is 214 Å². The predicted molar refractivity (Wildman–Crippen MR) is 538 cm³/mol. The van der Waals surface area contributed by atoms with Crippen LogP contribution in [0.4, 0.5) is 30.7 Å². The van der Waals surface area contributed by atoms with Crippen LogP contribution in [-0.4, -0.2) is 127 Å². The second-order valence-corrected chi connectivity index (χ2v) is 37.1. The number of rotatable bonds is 41. The fourth-order valence-electron chi connectivity index (χ4n) is 15.4. The number of nitrogens with zero attached hydrogens (tertiary/aromatic N) is 16. The number of alkyl halides is 6. The molecule has 15 rings (SSSR count). The second kappa shape index (κ2) is 53.5. The van der Waals surface area contributed by atoms with E-state index in [-0.39, 0.29) is 78.5 Å². The molecule has 9 aromatic carbocycles. The molecule has 0 atom stereocenters. The van der Waals surface area contributed by atoms with Crippen molar-refractivity contribution in [2.75, 3.05) is 6.61 Å². The van der Waals surface area contributed by atoms with Gasteiger partial charge in [0.05, 0.1) is 101 Å². The van der Waals surface area contributed by atoms with E-state index in [9.17, 15) is 59.5 Å². The molecule has 1 N–H and O–H groups in total. The Kier molecular flexibility index (Phi) is 40.8. The lowest BCUT2D eigenvalue weighted by molar-refractivity contribution is -0.139. The molecular formula is C112H120ClF7N16O8. The van der Waals surface area contributed by atoms with Gasteiger partial charge in [0, 0.05) is 94.7 Å². The Balaban J connectivity index is 0.000000172. The summed E-state index contributed by atoms with van der Waals surface area (Å²) in [5.41, 5.74) is 17.8. The lowest BCUT2D eigenvalue weighted by Crippen LogP contribution is -2.14. The zero-order valence-corrected chi connectivity index (χ0v) is 83.5. The van der Waals surface area contributed by atoms with Gasteiger partial charge in [-0.25, -0.2) is 27.8 Å². The molecule has 0 amide bonds. The summed E-state index contributed by atoms with van der Waals surface area (Å²) in [6.45, 7) is 24.3. The summed E-state index contributed by atoms with van der Waals surface area (Å²) in [4.78, 5) is 76.8. The number of hydrogen-bond donors (Lipinski definition) is 1. The number of halogens is 8. The molecule has 15 aromatic rings. The second-order valence-electron chi connectivity index (χ2n) is 36.7. The summed E-state index contributed by atoms with van der Waals surface area (Å²) < 4.78 is 106. The van der Waals surface area contributed by atoms with E-state index in [0.29, 0.717) is 97.0 Å². The molecule has 0 aliphatic rings. The Bertz CT molecular complexity index is 6750. The molecule has 24 nitrogen and oxygen atoms in total. The highest BCUT2D eigenvalue weighted by atomic mass is 35.5. The number of ketones is 5. The normalized spacial score (nSPS) is 11.3. The van der Waals surface area contributed by atoms with Crippen molar-refractivity contribution in [3.8, 4) is 28.4 Å². The van der Waals surface area contributed by atoms with Crippen LogP contribution in [-0.2, 0) is 142 Å². The third-order valence-corrected chi connectivity index (χ3v) is 24.1. The number of benzene rings is 9. The van der Waals surface area contributed by atoms with Crippen molar-refractivity contribution in [3.63, 3.8) is 0 Å². The summed E-state index contributed by atoms with van der Waals surface area (Å²) in [7, 11) is 0. The van der Waals surface area contributed by atoms with Gasteiger partial charge in [0.25, 0.3) is 0 Å². The lowest BCUT2D eigenvalue weighted by atomic mass is 9.94. The Labute approximate surface area is 838 Å². The van der Waals surface area contributed by atoms with Crippen molar-refractivity contribution in [2.24, 2.45) is 11.8 Å². The van der Waals surface area contributed by atoms with Gasteiger partial charge in [0.1, 0.15) is 46.1 Å². The smallest absolute Gasteiger partial charge is 0.416 e.